The molecule has 0 aliphatic heterocycles. The predicted molar refractivity (Wildman–Crippen MR) is 83.7 cm³/mol. The number of thioether (sulfide) groups is 1. The van der Waals surface area contributed by atoms with Gasteiger partial charge in [0.2, 0.25) is 5.91 Å². The molecule has 2 atom stereocenters. The van der Waals surface area contributed by atoms with Crippen LogP contribution < -0.4 is 11.1 Å². The zero-order valence-corrected chi connectivity index (χ0v) is 12.9. The van der Waals surface area contributed by atoms with E-state index >= 15 is 0 Å². The number of rotatable bonds is 7. The zero-order valence-electron chi connectivity index (χ0n) is 11.4. The number of nitrogens with one attached hydrogen (secondary N) is 1. The van der Waals surface area contributed by atoms with Crippen molar-refractivity contribution in [2.45, 2.75) is 31.8 Å². The third kappa shape index (κ3) is 5.85. The van der Waals surface area contributed by atoms with Gasteiger partial charge in [0.25, 0.3) is 0 Å². The summed E-state index contributed by atoms with van der Waals surface area (Å²) in [6.45, 7) is 1.96. The average Bonchev–Trinajstić information content (AvgIpc) is 2.38. The predicted octanol–water partition coefficient (Wildman–Crippen LogP) is 2.47. The van der Waals surface area contributed by atoms with Gasteiger partial charge in [-0.1, -0.05) is 29.8 Å². The number of halogens is 1. The van der Waals surface area contributed by atoms with E-state index < -0.39 is 6.04 Å². The van der Waals surface area contributed by atoms with Crippen molar-refractivity contribution in [2.75, 3.05) is 12.0 Å². The van der Waals surface area contributed by atoms with Crippen LogP contribution in [0.5, 0.6) is 0 Å². The lowest BCUT2D eigenvalue weighted by molar-refractivity contribution is -0.122. The minimum atomic E-state index is -0.429. The Kier molecular flexibility index (Phi) is 7.28. The Bertz CT molecular complexity index is 414. The fourth-order valence-electron chi connectivity index (χ4n) is 1.77. The molecular formula is C14H21ClN2OS. The molecule has 3 N–H and O–H groups in total. The molecular weight excluding hydrogens is 280 g/mol. The van der Waals surface area contributed by atoms with E-state index in [0.717, 1.165) is 16.3 Å². The van der Waals surface area contributed by atoms with Crippen LogP contribution in [0.3, 0.4) is 0 Å². The van der Waals surface area contributed by atoms with Crippen molar-refractivity contribution in [3.05, 3.63) is 34.9 Å². The monoisotopic (exact) mass is 300 g/mol. The summed E-state index contributed by atoms with van der Waals surface area (Å²) in [6, 6.07) is 7.26. The molecule has 19 heavy (non-hydrogen) atoms. The first-order chi connectivity index (χ1) is 9.04. The first-order valence-electron chi connectivity index (χ1n) is 6.33. The minimum absolute atomic E-state index is 0.0210. The molecule has 0 aliphatic carbocycles. The van der Waals surface area contributed by atoms with E-state index in [-0.39, 0.29) is 11.9 Å². The molecule has 5 heteroatoms. The van der Waals surface area contributed by atoms with Crippen LogP contribution in [0.2, 0.25) is 5.02 Å². The summed E-state index contributed by atoms with van der Waals surface area (Å²) in [5, 5.41) is 3.66. The quantitative estimate of drug-likeness (QED) is 0.813. The van der Waals surface area contributed by atoms with E-state index in [1.54, 1.807) is 11.8 Å². The van der Waals surface area contributed by atoms with Crippen molar-refractivity contribution in [1.82, 2.24) is 5.32 Å². The molecule has 0 radical (unpaired) electrons. The van der Waals surface area contributed by atoms with E-state index in [0.29, 0.717) is 12.8 Å². The highest BCUT2D eigenvalue weighted by atomic mass is 35.5. The number of carbonyl (C=O) groups excluding carboxylic acids is 1. The number of hydrogen-bond acceptors (Lipinski definition) is 3. The van der Waals surface area contributed by atoms with Gasteiger partial charge in [-0.15, -0.1) is 0 Å². The fourth-order valence-corrected chi connectivity index (χ4v) is 2.47. The van der Waals surface area contributed by atoms with Crippen LogP contribution in [0.15, 0.2) is 24.3 Å². The molecule has 0 aromatic heterocycles. The zero-order chi connectivity index (χ0) is 14.3. The van der Waals surface area contributed by atoms with Gasteiger partial charge in [-0.05, 0) is 43.4 Å². The van der Waals surface area contributed by atoms with Crippen LogP contribution in [0.25, 0.3) is 0 Å². The molecule has 0 fully saturated rings. The summed E-state index contributed by atoms with van der Waals surface area (Å²) in [6.07, 6.45) is 3.41. The van der Waals surface area contributed by atoms with Gasteiger partial charge in [0, 0.05) is 11.1 Å². The van der Waals surface area contributed by atoms with E-state index in [1.807, 2.05) is 37.4 Å². The van der Waals surface area contributed by atoms with Gasteiger partial charge < -0.3 is 11.1 Å². The average molecular weight is 301 g/mol. The molecule has 106 valence electrons. The molecule has 0 saturated heterocycles. The Balaban J connectivity index is 2.45. The van der Waals surface area contributed by atoms with Crippen LogP contribution in [-0.4, -0.2) is 30.0 Å². The topological polar surface area (TPSA) is 55.1 Å². The van der Waals surface area contributed by atoms with Gasteiger partial charge in [-0.2, -0.15) is 11.8 Å². The highest BCUT2D eigenvalue weighted by Crippen LogP contribution is 2.16. The van der Waals surface area contributed by atoms with Gasteiger partial charge >= 0.3 is 0 Å². The molecule has 3 nitrogen and oxygen atoms in total. The maximum absolute atomic E-state index is 11.9. The Morgan fingerprint density at radius 1 is 1.47 bits per heavy atom. The molecule has 0 aliphatic rings. The Morgan fingerprint density at radius 3 is 2.79 bits per heavy atom. The summed E-state index contributed by atoms with van der Waals surface area (Å²) < 4.78 is 0. The maximum Gasteiger partial charge on any atom is 0.237 e. The number of carbonyl (C=O) groups is 1. The van der Waals surface area contributed by atoms with Crippen molar-refractivity contribution in [3.8, 4) is 0 Å². The Labute approximate surface area is 124 Å². The summed E-state index contributed by atoms with van der Waals surface area (Å²) in [5.41, 5.74) is 6.86. The molecule has 1 aromatic rings. The van der Waals surface area contributed by atoms with Gasteiger partial charge in [-0.25, -0.2) is 0 Å². The van der Waals surface area contributed by atoms with Crippen molar-refractivity contribution >= 4 is 29.3 Å². The van der Waals surface area contributed by atoms with E-state index in [4.69, 9.17) is 17.3 Å². The van der Waals surface area contributed by atoms with Crippen LogP contribution >= 0.6 is 23.4 Å². The second-order valence-corrected chi connectivity index (χ2v) is 5.99. The van der Waals surface area contributed by atoms with Crippen molar-refractivity contribution in [2.24, 2.45) is 5.73 Å². The van der Waals surface area contributed by atoms with Crippen molar-refractivity contribution in [1.29, 1.82) is 0 Å². The largest absolute Gasteiger partial charge is 0.352 e. The van der Waals surface area contributed by atoms with Gasteiger partial charge in [-0.3, -0.25) is 4.79 Å². The second-order valence-electron chi connectivity index (χ2n) is 4.59. The van der Waals surface area contributed by atoms with Crippen LogP contribution in [0, 0.1) is 0 Å². The van der Waals surface area contributed by atoms with Gasteiger partial charge in [0.15, 0.2) is 0 Å². The lowest BCUT2D eigenvalue weighted by Crippen LogP contribution is -2.45. The molecule has 0 spiro atoms. The standard InChI is InChI=1S/C14H21ClN2OS/c1-10(9-11-5-3-4-6-12(11)15)17-14(18)13(16)7-8-19-2/h3-6,10,13H,7-9,16H2,1-2H3,(H,17,18)/t10?,13-/m0/s1. The fraction of sp³-hybridized carbons (Fsp3) is 0.500. The lowest BCUT2D eigenvalue weighted by atomic mass is 10.1. The first kappa shape index (κ1) is 16.3. The third-order valence-corrected chi connectivity index (χ3v) is 3.86. The van der Waals surface area contributed by atoms with E-state index in [1.165, 1.54) is 0 Å². The normalized spacial score (nSPS) is 13.9. The molecule has 1 rings (SSSR count). The highest BCUT2D eigenvalue weighted by molar-refractivity contribution is 7.98. The number of nitrogens with two attached hydrogens (primary N) is 1. The molecule has 0 bridgehead atoms. The highest BCUT2D eigenvalue weighted by Gasteiger charge is 2.15. The SMILES string of the molecule is CSCC[C@H](N)C(=O)NC(C)Cc1ccccc1Cl. The smallest absolute Gasteiger partial charge is 0.237 e. The summed E-state index contributed by atoms with van der Waals surface area (Å²) in [5.74, 6) is 0.807. The summed E-state index contributed by atoms with van der Waals surface area (Å²) in [7, 11) is 0. The number of hydrogen-bond donors (Lipinski definition) is 2. The minimum Gasteiger partial charge on any atom is -0.352 e. The molecule has 1 unspecified atom stereocenters. The lowest BCUT2D eigenvalue weighted by Gasteiger charge is -2.18. The molecule has 0 saturated carbocycles. The number of benzene rings is 1. The molecule has 1 amide bonds. The third-order valence-electron chi connectivity index (χ3n) is 2.84. The summed E-state index contributed by atoms with van der Waals surface area (Å²) in [4.78, 5) is 11.9. The Hall–Kier alpha value is -0.710. The van der Waals surface area contributed by atoms with E-state index in [2.05, 4.69) is 5.32 Å². The van der Waals surface area contributed by atoms with Crippen molar-refractivity contribution in [3.63, 3.8) is 0 Å². The molecule has 0 heterocycles. The van der Waals surface area contributed by atoms with Gasteiger partial charge in [0.05, 0.1) is 6.04 Å². The molecule has 1 aromatic carbocycles. The van der Waals surface area contributed by atoms with Crippen LogP contribution in [0.4, 0.5) is 0 Å². The van der Waals surface area contributed by atoms with Crippen LogP contribution in [-0.2, 0) is 11.2 Å². The number of amides is 1. The first-order valence-corrected chi connectivity index (χ1v) is 8.10. The second kappa shape index (κ2) is 8.46. The van der Waals surface area contributed by atoms with Gasteiger partial charge in [0.1, 0.15) is 0 Å². The van der Waals surface area contributed by atoms with Crippen LogP contribution in [0.1, 0.15) is 18.9 Å². The maximum atomic E-state index is 11.9. The van der Waals surface area contributed by atoms with Crippen molar-refractivity contribution < 1.29 is 4.79 Å². The van der Waals surface area contributed by atoms with E-state index in [9.17, 15) is 4.79 Å². The Morgan fingerprint density at radius 2 is 2.16 bits per heavy atom. The summed E-state index contributed by atoms with van der Waals surface area (Å²) >= 11 is 7.79.